The highest BCUT2D eigenvalue weighted by atomic mass is 79.9. The Kier molecular flexibility index (Phi) is 8.17. The van der Waals surface area contributed by atoms with Gasteiger partial charge in [-0.1, -0.05) is 42.5 Å². The van der Waals surface area contributed by atoms with Gasteiger partial charge in [0.15, 0.2) is 0 Å². The first-order chi connectivity index (χ1) is 13.1. The van der Waals surface area contributed by atoms with Gasteiger partial charge in [0.05, 0.1) is 6.54 Å². The van der Waals surface area contributed by atoms with Gasteiger partial charge in [-0.2, -0.15) is 0 Å². The normalized spacial score (nSPS) is 10.1. The number of rotatable bonds is 6. The number of hydrogen-bond acceptors (Lipinski definition) is 2. The third-order valence-electron chi connectivity index (χ3n) is 4.14. The number of anilines is 1. The molecule has 0 saturated carbocycles. The lowest BCUT2D eigenvalue weighted by atomic mass is 10.0. The van der Waals surface area contributed by atoms with Crippen molar-refractivity contribution in [3.8, 4) is 5.75 Å². The molecule has 3 aromatic carbocycles. The average molecular weight is 445 g/mol. The topological polar surface area (TPSA) is 66.0 Å². The predicted molar refractivity (Wildman–Crippen MR) is 103 cm³/mol. The van der Waals surface area contributed by atoms with Crippen molar-refractivity contribution in [1.82, 2.24) is 0 Å². The molecule has 0 aliphatic rings. The van der Waals surface area contributed by atoms with Gasteiger partial charge in [-0.05, 0) is 47.9 Å². The number of ether oxygens (including phenoxy) is 1. The summed E-state index contributed by atoms with van der Waals surface area (Å²) in [5, 5.41) is 2.73. The minimum atomic E-state index is -0.530. The number of carbonyl (C=O) groups is 1. The van der Waals surface area contributed by atoms with Crippen molar-refractivity contribution in [2.45, 2.75) is 12.8 Å². The highest BCUT2D eigenvalue weighted by Gasteiger charge is 2.09. The van der Waals surface area contributed by atoms with Gasteiger partial charge in [0.25, 0.3) is 0 Å². The minimum Gasteiger partial charge on any atom is -1.00 e. The van der Waals surface area contributed by atoms with Gasteiger partial charge in [-0.3, -0.25) is 5.32 Å². The van der Waals surface area contributed by atoms with Crippen LogP contribution in [-0.4, -0.2) is 12.6 Å². The van der Waals surface area contributed by atoms with Crippen molar-refractivity contribution in [3.05, 3.63) is 95.3 Å². The van der Waals surface area contributed by atoms with E-state index < -0.39 is 6.09 Å². The molecule has 0 aliphatic carbocycles. The first-order valence-corrected chi connectivity index (χ1v) is 8.83. The fourth-order valence-electron chi connectivity index (χ4n) is 2.79. The molecular formula is C22H22BrFN2O2. The first kappa shape index (κ1) is 21.6. The number of quaternary nitrogens is 1. The summed E-state index contributed by atoms with van der Waals surface area (Å²) in [7, 11) is 0. The Morgan fingerprint density at radius 3 is 2.18 bits per heavy atom. The summed E-state index contributed by atoms with van der Waals surface area (Å²) in [6.45, 7) is 0.734. The van der Waals surface area contributed by atoms with Crippen LogP contribution in [0.25, 0.3) is 0 Å². The summed E-state index contributed by atoms with van der Waals surface area (Å²) in [4.78, 5) is 12.2. The summed E-state index contributed by atoms with van der Waals surface area (Å²) in [6.07, 6.45) is 0.920. The van der Waals surface area contributed by atoms with Crippen molar-refractivity contribution in [3.63, 3.8) is 0 Å². The Labute approximate surface area is 174 Å². The molecule has 0 bridgehead atoms. The summed E-state index contributed by atoms with van der Waals surface area (Å²) >= 11 is 0. The van der Waals surface area contributed by atoms with E-state index in [1.54, 1.807) is 18.2 Å². The lowest BCUT2D eigenvalue weighted by Gasteiger charge is -2.10. The molecule has 3 aromatic rings. The molecule has 0 spiro atoms. The standard InChI is InChI=1S/C22H21FN2O2.BrH/c23-19-9-5-16(6-10-19)15-17-7-11-20(12-8-17)25-22(26)27-21-4-2-1-3-18(21)13-14-24;/h1-12H,13-15,24H2,(H,25,26);1H. The summed E-state index contributed by atoms with van der Waals surface area (Å²) in [5.41, 5.74) is 7.54. The zero-order chi connectivity index (χ0) is 19.1. The Bertz CT molecular complexity index is 899. The van der Waals surface area contributed by atoms with Crippen LogP contribution in [0.5, 0.6) is 5.75 Å². The van der Waals surface area contributed by atoms with E-state index >= 15 is 0 Å². The number of hydrogen-bond donors (Lipinski definition) is 2. The zero-order valence-electron chi connectivity index (χ0n) is 15.3. The van der Waals surface area contributed by atoms with Crippen molar-refractivity contribution in [1.29, 1.82) is 0 Å². The maximum absolute atomic E-state index is 13.0. The van der Waals surface area contributed by atoms with E-state index in [1.165, 1.54) is 12.1 Å². The average Bonchev–Trinajstić information content (AvgIpc) is 2.67. The monoisotopic (exact) mass is 444 g/mol. The Morgan fingerprint density at radius 2 is 1.54 bits per heavy atom. The predicted octanol–water partition coefficient (Wildman–Crippen LogP) is 0.816. The number of halogens is 2. The van der Waals surface area contributed by atoms with Crippen LogP contribution in [0.15, 0.2) is 72.8 Å². The van der Waals surface area contributed by atoms with Crippen LogP contribution < -0.4 is 32.8 Å². The summed E-state index contributed by atoms with van der Waals surface area (Å²) in [5.74, 6) is 0.306. The van der Waals surface area contributed by atoms with Gasteiger partial charge >= 0.3 is 6.09 Å². The van der Waals surface area contributed by atoms with Crippen LogP contribution >= 0.6 is 0 Å². The Balaban J connectivity index is 0.00000280. The summed E-state index contributed by atoms with van der Waals surface area (Å²) in [6, 6.07) is 21.4. The fourth-order valence-corrected chi connectivity index (χ4v) is 2.79. The van der Waals surface area contributed by atoms with Crippen molar-refractivity contribution in [2.75, 3.05) is 11.9 Å². The van der Waals surface area contributed by atoms with Crippen molar-refractivity contribution >= 4 is 11.8 Å². The van der Waals surface area contributed by atoms with E-state index in [-0.39, 0.29) is 22.8 Å². The molecule has 0 fully saturated rings. The molecule has 0 saturated heterocycles. The SMILES string of the molecule is [Br-].[NH3+]CCc1ccccc1OC(=O)Nc1ccc(Cc2ccc(F)cc2)cc1. The van der Waals surface area contributed by atoms with E-state index in [9.17, 15) is 9.18 Å². The lowest BCUT2D eigenvalue weighted by molar-refractivity contribution is -0.366. The third-order valence-corrected chi connectivity index (χ3v) is 4.14. The molecule has 4 nitrogen and oxygen atoms in total. The lowest BCUT2D eigenvalue weighted by Crippen LogP contribution is -3.00. The van der Waals surface area contributed by atoms with Gasteiger partial charge in [0.1, 0.15) is 11.6 Å². The maximum atomic E-state index is 13.0. The molecule has 3 rings (SSSR count). The number of amides is 1. The van der Waals surface area contributed by atoms with E-state index in [0.29, 0.717) is 17.9 Å². The fraction of sp³-hybridized carbons (Fsp3) is 0.136. The molecule has 0 aromatic heterocycles. The van der Waals surface area contributed by atoms with Crippen molar-refractivity contribution in [2.24, 2.45) is 0 Å². The second-order valence-electron chi connectivity index (χ2n) is 6.23. The number of nitrogens with one attached hydrogen (secondary N) is 1. The number of carbonyl (C=O) groups excluding carboxylic acids is 1. The van der Waals surface area contributed by atoms with Crippen molar-refractivity contribution < 1.29 is 36.6 Å². The summed E-state index contributed by atoms with van der Waals surface area (Å²) < 4.78 is 18.4. The Morgan fingerprint density at radius 1 is 0.929 bits per heavy atom. The van der Waals surface area contributed by atoms with E-state index in [4.69, 9.17) is 4.74 Å². The molecule has 6 heteroatoms. The van der Waals surface area contributed by atoms with Crippen LogP contribution in [0.2, 0.25) is 0 Å². The van der Waals surface area contributed by atoms with Crippen LogP contribution in [0.4, 0.5) is 14.9 Å². The van der Waals surface area contributed by atoms with Crippen LogP contribution in [0, 0.1) is 5.82 Å². The zero-order valence-corrected chi connectivity index (χ0v) is 16.9. The molecule has 0 unspecified atom stereocenters. The highest BCUT2D eigenvalue weighted by Crippen LogP contribution is 2.19. The van der Waals surface area contributed by atoms with Gasteiger partial charge in [0, 0.05) is 17.7 Å². The van der Waals surface area contributed by atoms with E-state index in [2.05, 4.69) is 11.1 Å². The quantitative estimate of drug-likeness (QED) is 0.590. The highest BCUT2D eigenvalue weighted by molar-refractivity contribution is 5.86. The molecule has 28 heavy (non-hydrogen) atoms. The molecular weight excluding hydrogens is 423 g/mol. The number of benzene rings is 3. The van der Waals surface area contributed by atoms with Crippen LogP contribution in [-0.2, 0) is 12.8 Å². The van der Waals surface area contributed by atoms with Crippen LogP contribution in [0.3, 0.4) is 0 Å². The molecule has 0 atom stereocenters. The maximum Gasteiger partial charge on any atom is 0.417 e. The third kappa shape index (κ3) is 6.18. The van der Waals surface area contributed by atoms with Gasteiger partial charge < -0.3 is 27.5 Å². The Hall–Kier alpha value is -2.70. The molecule has 146 valence electrons. The molecule has 0 radical (unpaired) electrons. The molecule has 1 amide bonds. The second-order valence-corrected chi connectivity index (χ2v) is 6.23. The second kappa shape index (κ2) is 10.6. The largest absolute Gasteiger partial charge is 1.00 e. The van der Waals surface area contributed by atoms with E-state index in [1.807, 2.05) is 42.5 Å². The van der Waals surface area contributed by atoms with Crippen LogP contribution in [0.1, 0.15) is 16.7 Å². The minimum absolute atomic E-state index is 0. The van der Waals surface area contributed by atoms with E-state index in [0.717, 1.165) is 29.7 Å². The number of para-hydroxylation sites is 1. The van der Waals surface area contributed by atoms with Gasteiger partial charge in [-0.15, -0.1) is 0 Å². The molecule has 0 heterocycles. The van der Waals surface area contributed by atoms with Gasteiger partial charge in [-0.25, -0.2) is 9.18 Å². The first-order valence-electron chi connectivity index (χ1n) is 8.83. The molecule has 0 aliphatic heterocycles. The molecule has 4 N–H and O–H groups in total. The van der Waals surface area contributed by atoms with Gasteiger partial charge in [0.2, 0.25) is 0 Å². The smallest absolute Gasteiger partial charge is 0.417 e.